The average molecular weight is 230 g/mol. The molecular weight excluding hydrogens is 218 g/mol. The van der Waals surface area contributed by atoms with Gasteiger partial charge in [0, 0.05) is 17.5 Å². The van der Waals surface area contributed by atoms with E-state index >= 15 is 0 Å². The zero-order valence-corrected chi connectivity index (χ0v) is 9.04. The predicted octanol–water partition coefficient (Wildman–Crippen LogP) is 1.59. The highest BCUT2D eigenvalue weighted by Gasteiger charge is 2.15. The van der Waals surface area contributed by atoms with E-state index in [2.05, 4.69) is 0 Å². The Labute approximate surface area is 92.6 Å². The lowest BCUT2D eigenvalue weighted by Crippen LogP contribution is -2.08. The number of aromatic hydroxyl groups is 1. The number of phenolic OH excluding ortho intramolecular Hbond substituents is 1. The van der Waals surface area contributed by atoms with Gasteiger partial charge >= 0.3 is 0 Å². The molecule has 0 aromatic heterocycles. The van der Waals surface area contributed by atoms with Crippen molar-refractivity contribution in [1.82, 2.24) is 0 Å². The van der Waals surface area contributed by atoms with Gasteiger partial charge in [0.2, 0.25) is 0 Å². The van der Waals surface area contributed by atoms with Gasteiger partial charge in [0.1, 0.15) is 0 Å². The van der Waals surface area contributed by atoms with Gasteiger partial charge in [-0.3, -0.25) is 4.79 Å². The van der Waals surface area contributed by atoms with Crippen LogP contribution in [0.4, 0.5) is 0 Å². The standard InChI is InChI=1S/C10H12ClNO3/c1-15-9-5-6(11)4-7(10(9)14)8(13)2-3-12/h4-5,14H,2-3,12H2,1H3. The van der Waals surface area contributed by atoms with E-state index in [0.717, 1.165) is 0 Å². The minimum absolute atomic E-state index is 0.143. The number of halogens is 1. The molecule has 0 aliphatic carbocycles. The van der Waals surface area contributed by atoms with Crippen molar-refractivity contribution in [3.8, 4) is 11.5 Å². The maximum atomic E-state index is 11.5. The first-order valence-electron chi connectivity index (χ1n) is 4.40. The highest BCUT2D eigenvalue weighted by atomic mass is 35.5. The molecule has 0 amide bonds. The van der Waals surface area contributed by atoms with Crippen LogP contribution in [-0.4, -0.2) is 24.5 Å². The lowest BCUT2D eigenvalue weighted by Gasteiger charge is -2.08. The number of carbonyl (C=O) groups excluding carboxylic acids is 1. The molecule has 1 aromatic rings. The summed E-state index contributed by atoms with van der Waals surface area (Å²) in [5.41, 5.74) is 5.40. The molecule has 1 rings (SSSR count). The highest BCUT2D eigenvalue weighted by molar-refractivity contribution is 6.31. The summed E-state index contributed by atoms with van der Waals surface area (Å²) in [5, 5.41) is 10.0. The number of benzene rings is 1. The van der Waals surface area contributed by atoms with Crippen LogP contribution in [0.15, 0.2) is 12.1 Å². The summed E-state index contributed by atoms with van der Waals surface area (Å²) in [6.45, 7) is 0.229. The van der Waals surface area contributed by atoms with Gasteiger partial charge in [-0.2, -0.15) is 0 Å². The molecule has 82 valence electrons. The molecule has 3 N–H and O–H groups in total. The fraction of sp³-hybridized carbons (Fsp3) is 0.300. The van der Waals surface area contributed by atoms with Gasteiger partial charge < -0.3 is 15.6 Å². The normalized spacial score (nSPS) is 10.1. The number of carbonyl (C=O) groups is 1. The van der Waals surface area contributed by atoms with Crippen LogP contribution in [0.2, 0.25) is 5.02 Å². The van der Waals surface area contributed by atoms with E-state index in [-0.39, 0.29) is 35.8 Å². The third-order valence-corrected chi connectivity index (χ3v) is 2.15. The van der Waals surface area contributed by atoms with E-state index in [1.54, 1.807) is 0 Å². The number of hydrogen-bond donors (Lipinski definition) is 2. The van der Waals surface area contributed by atoms with E-state index in [9.17, 15) is 9.90 Å². The van der Waals surface area contributed by atoms with Gasteiger partial charge in [0.05, 0.1) is 12.7 Å². The maximum absolute atomic E-state index is 11.5. The zero-order valence-electron chi connectivity index (χ0n) is 8.29. The average Bonchev–Trinajstić information content (AvgIpc) is 2.21. The fourth-order valence-corrected chi connectivity index (χ4v) is 1.42. The summed E-state index contributed by atoms with van der Waals surface area (Å²) < 4.78 is 4.88. The van der Waals surface area contributed by atoms with Crippen LogP contribution < -0.4 is 10.5 Å². The molecule has 1 aromatic carbocycles. The van der Waals surface area contributed by atoms with Crippen LogP contribution in [0, 0.1) is 0 Å². The molecular formula is C10H12ClNO3. The van der Waals surface area contributed by atoms with Crippen LogP contribution >= 0.6 is 11.6 Å². The number of nitrogens with two attached hydrogens (primary N) is 1. The van der Waals surface area contributed by atoms with Gasteiger partial charge in [-0.1, -0.05) is 11.6 Å². The first-order chi connectivity index (χ1) is 7.10. The minimum atomic E-state index is -0.254. The Kier molecular flexibility index (Phi) is 3.94. The molecule has 0 aliphatic heterocycles. The lowest BCUT2D eigenvalue weighted by atomic mass is 10.1. The fourth-order valence-electron chi connectivity index (χ4n) is 1.21. The SMILES string of the molecule is COc1cc(Cl)cc(C(=O)CCN)c1O. The van der Waals surface area contributed by atoms with E-state index in [0.29, 0.717) is 5.02 Å². The summed E-state index contributed by atoms with van der Waals surface area (Å²) in [6, 6.07) is 2.84. The van der Waals surface area contributed by atoms with Crippen LogP contribution in [0.3, 0.4) is 0 Å². The molecule has 4 nitrogen and oxygen atoms in total. The van der Waals surface area contributed by atoms with Crippen molar-refractivity contribution in [2.75, 3.05) is 13.7 Å². The molecule has 0 atom stereocenters. The Balaban J connectivity index is 3.17. The predicted molar refractivity (Wildman–Crippen MR) is 57.7 cm³/mol. The van der Waals surface area contributed by atoms with Crippen LogP contribution in [0.5, 0.6) is 11.5 Å². The van der Waals surface area contributed by atoms with Gasteiger partial charge in [0.15, 0.2) is 17.3 Å². The third kappa shape index (κ3) is 2.61. The quantitative estimate of drug-likeness (QED) is 0.769. The molecule has 0 bridgehead atoms. The van der Waals surface area contributed by atoms with Crippen molar-refractivity contribution in [2.24, 2.45) is 5.73 Å². The van der Waals surface area contributed by atoms with Crippen molar-refractivity contribution >= 4 is 17.4 Å². The smallest absolute Gasteiger partial charge is 0.168 e. The van der Waals surface area contributed by atoms with E-state index in [4.69, 9.17) is 22.1 Å². The number of Topliss-reactive ketones (excluding diaryl/α,β-unsaturated/α-hetero) is 1. The number of hydrogen-bond acceptors (Lipinski definition) is 4. The summed E-state index contributed by atoms with van der Waals surface area (Å²) >= 11 is 5.77. The number of ether oxygens (including phenoxy) is 1. The summed E-state index contributed by atoms with van der Waals surface area (Å²) in [7, 11) is 1.39. The lowest BCUT2D eigenvalue weighted by molar-refractivity contribution is 0.0982. The molecule has 5 heteroatoms. The largest absolute Gasteiger partial charge is 0.504 e. The number of ketones is 1. The molecule has 0 unspecified atom stereocenters. The second-order valence-corrected chi connectivity index (χ2v) is 3.40. The van der Waals surface area contributed by atoms with E-state index < -0.39 is 0 Å². The van der Waals surface area contributed by atoms with Crippen molar-refractivity contribution in [3.05, 3.63) is 22.7 Å². The van der Waals surface area contributed by atoms with Crippen LogP contribution in [0.25, 0.3) is 0 Å². The Morgan fingerprint density at radius 3 is 2.80 bits per heavy atom. The van der Waals surface area contributed by atoms with E-state index in [1.165, 1.54) is 19.2 Å². The number of phenols is 1. The number of methoxy groups -OCH3 is 1. The summed E-state index contributed by atoms with van der Waals surface area (Å²) in [6.07, 6.45) is 0.164. The second kappa shape index (κ2) is 5.00. The first-order valence-corrected chi connectivity index (χ1v) is 4.77. The monoisotopic (exact) mass is 229 g/mol. The van der Waals surface area contributed by atoms with Gasteiger partial charge in [0.25, 0.3) is 0 Å². The molecule has 0 heterocycles. The second-order valence-electron chi connectivity index (χ2n) is 2.97. The Bertz CT molecular complexity index is 379. The van der Waals surface area contributed by atoms with Crippen molar-refractivity contribution < 1.29 is 14.6 Å². The van der Waals surface area contributed by atoms with Gasteiger partial charge in [-0.15, -0.1) is 0 Å². The maximum Gasteiger partial charge on any atom is 0.168 e. The summed E-state index contributed by atoms with van der Waals surface area (Å²) in [5.74, 6) is -0.265. The van der Waals surface area contributed by atoms with Gasteiger partial charge in [-0.05, 0) is 12.6 Å². The topological polar surface area (TPSA) is 72.5 Å². The molecule has 0 saturated heterocycles. The van der Waals surface area contributed by atoms with Crippen molar-refractivity contribution in [3.63, 3.8) is 0 Å². The molecule has 0 aliphatic rings. The van der Waals surface area contributed by atoms with Crippen LogP contribution in [-0.2, 0) is 0 Å². The van der Waals surface area contributed by atoms with Crippen molar-refractivity contribution in [1.29, 1.82) is 0 Å². The minimum Gasteiger partial charge on any atom is -0.504 e. The molecule has 0 radical (unpaired) electrons. The third-order valence-electron chi connectivity index (χ3n) is 1.93. The zero-order chi connectivity index (χ0) is 11.4. The Morgan fingerprint density at radius 2 is 2.27 bits per heavy atom. The molecule has 15 heavy (non-hydrogen) atoms. The van der Waals surface area contributed by atoms with Gasteiger partial charge in [-0.25, -0.2) is 0 Å². The summed E-state index contributed by atoms with van der Waals surface area (Å²) in [4.78, 5) is 11.5. The first kappa shape index (κ1) is 11.8. The Morgan fingerprint density at radius 1 is 1.60 bits per heavy atom. The van der Waals surface area contributed by atoms with E-state index in [1.807, 2.05) is 0 Å². The molecule has 0 fully saturated rings. The molecule has 0 saturated carbocycles. The van der Waals surface area contributed by atoms with Crippen LogP contribution in [0.1, 0.15) is 16.8 Å². The number of rotatable bonds is 4. The van der Waals surface area contributed by atoms with Crippen molar-refractivity contribution in [2.45, 2.75) is 6.42 Å². The molecule has 0 spiro atoms. The Hall–Kier alpha value is -1.26. The highest BCUT2D eigenvalue weighted by Crippen LogP contribution is 2.33.